The molecule has 0 aliphatic rings. The fraction of sp³-hybridized carbons (Fsp3) is 0.188. The standard InChI is InChI=1S/C16H18N2O2S/c1-3-20-15-7-5-4-6-13(15)18-14-10-11(19-2)8-9-12(14)16(17)21/h4-10,18H,3H2,1-2H3,(H2,17,21). The molecule has 21 heavy (non-hydrogen) atoms. The van der Waals surface area contributed by atoms with E-state index in [1.54, 1.807) is 7.11 Å². The van der Waals surface area contributed by atoms with Gasteiger partial charge in [0.05, 0.1) is 25.1 Å². The number of nitrogens with one attached hydrogen (secondary N) is 1. The van der Waals surface area contributed by atoms with Gasteiger partial charge in [0.15, 0.2) is 0 Å². The van der Waals surface area contributed by atoms with Crippen molar-refractivity contribution in [3.63, 3.8) is 0 Å². The van der Waals surface area contributed by atoms with Crippen LogP contribution in [0.1, 0.15) is 12.5 Å². The highest BCUT2D eigenvalue weighted by molar-refractivity contribution is 7.80. The second kappa shape index (κ2) is 6.95. The van der Waals surface area contributed by atoms with E-state index in [4.69, 9.17) is 27.4 Å². The zero-order valence-corrected chi connectivity index (χ0v) is 12.9. The molecule has 0 aliphatic carbocycles. The topological polar surface area (TPSA) is 56.5 Å². The highest BCUT2D eigenvalue weighted by atomic mass is 32.1. The van der Waals surface area contributed by atoms with Gasteiger partial charge in [-0.2, -0.15) is 0 Å². The minimum absolute atomic E-state index is 0.328. The van der Waals surface area contributed by atoms with Crippen LogP contribution in [0.5, 0.6) is 11.5 Å². The third kappa shape index (κ3) is 3.64. The van der Waals surface area contributed by atoms with Gasteiger partial charge in [-0.3, -0.25) is 0 Å². The van der Waals surface area contributed by atoms with Crippen LogP contribution in [-0.4, -0.2) is 18.7 Å². The van der Waals surface area contributed by atoms with Crippen LogP contribution in [0.3, 0.4) is 0 Å². The lowest BCUT2D eigenvalue weighted by Gasteiger charge is -2.15. The van der Waals surface area contributed by atoms with Crippen LogP contribution in [0.15, 0.2) is 42.5 Å². The maximum atomic E-state index is 5.78. The summed E-state index contributed by atoms with van der Waals surface area (Å²) in [5.41, 5.74) is 8.18. The molecule has 0 spiro atoms. The largest absolute Gasteiger partial charge is 0.497 e. The Labute approximate surface area is 129 Å². The molecule has 0 heterocycles. The van der Waals surface area contributed by atoms with Crippen molar-refractivity contribution in [3.8, 4) is 11.5 Å². The normalized spacial score (nSPS) is 10.0. The summed E-state index contributed by atoms with van der Waals surface area (Å²) in [6, 6.07) is 13.2. The van der Waals surface area contributed by atoms with Crippen LogP contribution < -0.4 is 20.5 Å². The summed E-state index contributed by atoms with van der Waals surface area (Å²) < 4.78 is 10.9. The molecule has 4 nitrogen and oxygen atoms in total. The van der Waals surface area contributed by atoms with Gasteiger partial charge in [-0.05, 0) is 31.2 Å². The van der Waals surface area contributed by atoms with Crippen molar-refractivity contribution in [3.05, 3.63) is 48.0 Å². The lowest BCUT2D eigenvalue weighted by atomic mass is 10.1. The van der Waals surface area contributed by atoms with Gasteiger partial charge in [0.25, 0.3) is 0 Å². The van der Waals surface area contributed by atoms with E-state index in [1.807, 2.05) is 49.4 Å². The molecule has 2 aromatic carbocycles. The van der Waals surface area contributed by atoms with Crippen LogP contribution in [0.4, 0.5) is 11.4 Å². The number of methoxy groups -OCH3 is 1. The molecular weight excluding hydrogens is 284 g/mol. The Morgan fingerprint density at radius 1 is 1.19 bits per heavy atom. The maximum absolute atomic E-state index is 5.78. The summed E-state index contributed by atoms with van der Waals surface area (Å²) >= 11 is 5.10. The molecule has 0 radical (unpaired) electrons. The molecule has 110 valence electrons. The van der Waals surface area contributed by atoms with Crippen molar-refractivity contribution in [2.75, 3.05) is 19.0 Å². The first-order valence-corrected chi connectivity index (χ1v) is 7.03. The molecule has 0 saturated heterocycles. The third-order valence-electron chi connectivity index (χ3n) is 2.95. The van der Waals surface area contributed by atoms with Crippen LogP contribution >= 0.6 is 12.2 Å². The number of hydrogen-bond donors (Lipinski definition) is 2. The van der Waals surface area contributed by atoms with Crippen molar-refractivity contribution in [1.29, 1.82) is 0 Å². The Hall–Kier alpha value is -2.27. The minimum Gasteiger partial charge on any atom is -0.497 e. The predicted molar refractivity (Wildman–Crippen MR) is 89.8 cm³/mol. The van der Waals surface area contributed by atoms with E-state index in [2.05, 4.69) is 5.32 Å². The highest BCUT2D eigenvalue weighted by Crippen LogP contribution is 2.31. The zero-order chi connectivity index (χ0) is 15.2. The molecule has 0 aliphatic heterocycles. The van der Waals surface area contributed by atoms with Gasteiger partial charge < -0.3 is 20.5 Å². The Morgan fingerprint density at radius 2 is 1.95 bits per heavy atom. The number of anilines is 2. The molecule has 0 atom stereocenters. The molecule has 3 N–H and O–H groups in total. The van der Waals surface area contributed by atoms with Gasteiger partial charge in [0.1, 0.15) is 16.5 Å². The van der Waals surface area contributed by atoms with Crippen LogP contribution in [0.2, 0.25) is 0 Å². The summed E-state index contributed by atoms with van der Waals surface area (Å²) in [6.07, 6.45) is 0. The smallest absolute Gasteiger partial charge is 0.142 e. The Balaban J connectivity index is 2.40. The average molecular weight is 302 g/mol. The molecule has 5 heteroatoms. The molecule has 0 saturated carbocycles. The van der Waals surface area contributed by atoms with Gasteiger partial charge in [-0.25, -0.2) is 0 Å². The maximum Gasteiger partial charge on any atom is 0.142 e. The fourth-order valence-corrected chi connectivity index (χ4v) is 2.14. The van der Waals surface area contributed by atoms with E-state index >= 15 is 0 Å². The molecule has 2 rings (SSSR count). The number of benzene rings is 2. The van der Waals surface area contributed by atoms with E-state index in [1.165, 1.54) is 0 Å². The summed E-state index contributed by atoms with van der Waals surface area (Å²) in [5, 5.41) is 3.31. The first-order valence-electron chi connectivity index (χ1n) is 6.62. The molecule has 0 amide bonds. The quantitative estimate of drug-likeness (QED) is 0.800. The van der Waals surface area contributed by atoms with Gasteiger partial charge in [0, 0.05) is 11.6 Å². The van der Waals surface area contributed by atoms with Crippen molar-refractivity contribution in [2.45, 2.75) is 6.92 Å². The number of thiocarbonyl (C=S) groups is 1. The summed E-state index contributed by atoms with van der Waals surface area (Å²) in [5.74, 6) is 1.50. The van der Waals surface area contributed by atoms with Gasteiger partial charge in [-0.15, -0.1) is 0 Å². The molecule has 2 aromatic rings. The first kappa shape index (κ1) is 15.1. The first-order chi connectivity index (χ1) is 10.2. The van der Waals surface area contributed by atoms with E-state index in [-0.39, 0.29) is 0 Å². The Kier molecular flexibility index (Phi) is 5.00. The molecule has 0 unspecified atom stereocenters. The zero-order valence-electron chi connectivity index (χ0n) is 12.1. The van der Waals surface area contributed by atoms with E-state index < -0.39 is 0 Å². The van der Waals surface area contributed by atoms with E-state index in [9.17, 15) is 0 Å². The van der Waals surface area contributed by atoms with Crippen molar-refractivity contribution >= 4 is 28.6 Å². The number of nitrogens with two attached hydrogens (primary N) is 1. The summed E-state index contributed by atoms with van der Waals surface area (Å²) in [4.78, 5) is 0.328. The monoisotopic (exact) mass is 302 g/mol. The number of ether oxygens (including phenoxy) is 2. The molecule has 0 bridgehead atoms. The fourth-order valence-electron chi connectivity index (χ4n) is 1.96. The third-order valence-corrected chi connectivity index (χ3v) is 3.17. The minimum atomic E-state index is 0.328. The molecular formula is C16H18N2O2S. The van der Waals surface area contributed by atoms with Crippen molar-refractivity contribution in [2.24, 2.45) is 5.73 Å². The number of para-hydroxylation sites is 2. The number of hydrogen-bond acceptors (Lipinski definition) is 4. The SMILES string of the molecule is CCOc1ccccc1Nc1cc(OC)ccc1C(N)=S. The van der Waals surface area contributed by atoms with Crippen molar-refractivity contribution in [1.82, 2.24) is 0 Å². The Bertz CT molecular complexity index is 644. The second-order valence-corrected chi connectivity index (χ2v) is 4.77. The summed E-state index contributed by atoms with van der Waals surface area (Å²) in [6.45, 7) is 2.54. The molecule has 0 aromatic heterocycles. The van der Waals surface area contributed by atoms with Crippen LogP contribution in [-0.2, 0) is 0 Å². The summed E-state index contributed by atoms with van der Waals surface area (Å²) in [7, 11) is 1.62. The van der Waals surface area contributed by atoms with Crippen LogP contribution in [0, 0.1) is 0 Å². The predicted octanol–water partition coefficient (Wildman–Crippen LogP) is 3.47. The van der Waals surface area contributed by atoms with Gasteiger partial charge in [0.2, 0.25) is 0 Å². The average Bonchev–Trinajstić information content (AvgIpc) is 2.49. The van der Waals surface area contributed by atoms with E-state index in [0.717, 1.165) is 28.4 Å². The van der Waals surface area contributed by atoms with Crippen LogP contribution in [0.25, 0.3) is 0 Å². The van der Waals surface area contributed by atoms with Gasteiger partial charge >= 0.3 is 0 Å². The lowest BCUT2D eigenvalue weighted by molar-refractivity contribution is 0.342. The highest BCUT2D eigenvalue weighted by Gasteiger charge is 2.10. The van der Waals surface area contributed by atoms with Gasteiger partial charge in [-0.1, -0.05) is 24.4 Å². The lowest BCUT2D eigenvalue weighted by Crippen LogP contribution is -2.12. The van der Waals surface area contributed by atoms with Crippen molar-refractivity contribution < 1.29 is 9.47 Å². The molecule has 0 fully saturated rings. The van der Waals surface area contributed by atoms with E-state index in [0.29, 0.717) is 11.6 Å². The number of rotatable bonds is 6. The Morgan fingerprint density at radius 3 is 2.62 bits per heavy atom. The second-order valence-electron chi connectivity index (χ2n) is 4.33.